The van der Waals surface area contributed by atoms with E-state index in [1.807, 2.05) is 24.3 Å². The summed E-state index contributed by atoms with van der Waals surface area (Å²) in [7, 11) is 0. The third-order valence-electron chi connectivity index (χ3n) is 5.11. The molecule has 0 bridgehead atoms. The molecule has 1 fully saturated rings. The van der Waals surface area contributed by atoms with Gasteiger partial charge in [-0.25, -0.2) is 0 Å². The number of benzene rings is 1. The summed E-state index contributed by atoms with van der Waals surface area (Å²) in [6, 6.07) is 9.22. The second-order valence-electron chi connectivity index (χ2n) is 7.15. The van der Waals surface area contributed by atoms with E-state index >= 15 is 0 Å². The molecule has 5 nitrogen and oxygen atoms in total. The molecular formula is C21H25ClN2O3. The van der Waals surface area contributed by atoms with Gasteiger partial charge >= 0.3 is 0 Å². The van der Waals surface area contributed by atoms with Gasteiger partial charge in [-0.1, -0.05) is 36.6 Å². The zero-order chi connectivity index (χ0) is 19.4. The van der Waals surface area contributed by atoms with Crippen LogP contribution in [0.25, 0.3) is 0 Å². The Morgan fingerprint density at radius 3 is 2.44 bits per heavy atom. The molecule has 27 heavy (non-hydrogen) atoms. The van der Waals surface area contributed by atoms with Crippen molar-refractivity contribution in [3.05, 3.63) is 58.0 Å². The molecule has 1 saturated carbocycles. The standard InChI is InChI=1S/C21H25ClN2O3/c1-13-11-18(14(2)27-13)21(26)23-12-19(25)24-20(15-5-3-4-6-15)16-7-9-17(22)10-8-16/h7-11,15,20H,3-6,12H2,1-2H3,(H,23,26)(H,24,25). The van der Waals surface area contributed by atoms with E-state index < -0.39 is 0 Å². The van der Waals surface area contributed by atoms with Crippen LogP contribution in [0.2, 0.25) is 5.02 Å². The van der Waals surface area contributed by atoms with Gasteiger partial charge in [-0.05, 0) is 56.4 Å². The third kappa shape index (κ3) is 4.92. The first-order chi connectivity index (χ1) is 12.9. The number of furan rings is 1. The van der Waals surface area contributed by atoms with Crippen LogP contribution in [0.1, 0.15) is 59.2 Å². The van der Waals surface area contributed by atoms with E-state index in [0.717, 1.165) is 18.4 Å². The van der Waals surface area contributed by atoms with E-state index in [0.29, 0.717) is 28.0 Å². The number of hydrogen-bond donors (Lipinski definition) is 2. The summed E-state index contributed by atoms with van der Waals surface area (Å²) >= 11 is 6.00. The zero-order valence-electron chi connectivity index (χ0n) is 15.7. The predicted molar refractivity (Wildman–Crippen MR) is 105 cm³/mol. The molecule has 3 rings (SSSR count). The minimum absolute atomic E-state index is 0.0629. The Hall–Kier alpha value is -2.27. The monoisotopic (exact) mass is 388 g/mol. The smallest absolute Gasteiger partial charge is 0.255 e. The molecule has 1 aliphatic carbocycles. The van der Waals surface area contributed by atoms with Gasteiger partial charge < -0.3 is 15.1 Å². The molecule has 2 aromatic rings. The molecule has 2 N–H and O–H groups in total. The lowest BCUT2D eigenvalue weighted by Gasteiger charge is -2.25. The lowest BCUT2D eigenvalue weighted by molar-refractivity contribution is -0.121. The van der Waals surface area contributed by atoms with Crippen LogP contribution in [0, 0.1) is 19.8 Å². The maximum Gasteiger partial charge on any atom is 0.255 e. The van der Waals surface area contributed by atoms with Crippen LogP contribution in [0.4, 0.5) is 0 Å². The number of carbonyl (C=O) groups excluding carboxylic acids is 2. The minimum atomic E-state index is -0.302. The molecule has 2 amide bonds. The van der Waals surface area contributed by atoms with Crippen LogP contribution in [0.3, 0.4) is 0 Å². The van der Waals surface area contributed by atoms with E-state index in [9.17, 15) is 9.59 Å². The summed E-state index contributed by atoms with van der Waals surface area (Å²) in [5.41, 5.74) is 1.51. The summed E-state index contributed by atoms with van der Waals surface area (Å²) in [6.45, 7) is 3.45. The highest BCUT2D eigenvalue weighted by atomic mass is 35.5. The van der Waals surface area contributed by atoms with Crippen LogP contribution < -0.4 is 10.6 Å². The van der Waals surface area contributed by atoms with Gasteiger partial charge in [-0.2, -0.15) is 0 Å². The van der Waals surface area contributed by atoms with Crippen LogP contribution in [0.5, 0.6) is 0 Å². The number of hydrogen-bond acceptors (Lipinski definition) is 3. The molecule has 1 heterocycles. The number of amides is 2. The number of rotatable bonds is 6. The van der Waals surface area contributed by atoms with Crippen molar-refractivity contribution in [2.24, 2.45) is 5.92 Å². The SMILES string of the molecule is Cc1cc(C(=O)NCC(=O)NC(c2ccc(Cl)cc2)C2CCCC2)c(C)o1. The Kier molecular flexibility index (Phi) is 6.22. The summed E-state index contributed by atoms with van der Waals surface area (Å²) in [5, 5.41) is 6.45. The Bertz CT molecular complexity index is 807. The highest BCUT2D eigenvalue weighted by Crippen LogP contribution is 2.36. The second kappa shape index (κ2) is 8.61. The van der Waals surface area contributed by atoms with Crippen molar-refractivity contribution in [1.82, 2.24) is 10.6 Å². The van der Waals surface area contributed by atoms with Crippen molar-refractivity contribution in [1.29, 1.82) is 0 Å². The van der Waals surface area contributed by atoms with Gasteiger partial charge in [0.25, 0.3) is 5.91 Å². The Morgan fingerprint density at radius 1 is 1.19 bits per heavy atom. The summed E-state index contributed by atoms with van der Waals surface area (Å²) < 4.78 is 5.37. The van der Waals surface area contributed by atoms with Gasteiger partial charge in [0, 0.05) is 5.02 Å². The fraction of sp³-hybridized carbons (Fsp3) is 0.429. The van der Waals surface area contributed by atoms with Gasteiger partial charge in [0.1, 0.15) is 11.5 Å². The fourth-order valence-corrected chi connectivity index (χ4v) is 3.90. The van der Waals surface area contributed by atoms with Crippen molar-refractivity contribution in [3.63, 3.8) is 0 Å². The second-order valence-corrected chi connectivity index (χ2v) is 7.59. The molecule has 1 unspecified atom stereocenters. The molecule has 1 atom stereocenters. The van der Waals surface area contributed by atoms with Crippen molar-refractivity contribution < 1.29 is 14.0 Å². The van der Waals surface area contributed by atoms with E-state index in [1.165, 1.54) is 12.8 Å². The number of nitrogens with one attached hydrogen (secondary N) is 2. The molecule has 6 heteroatoms. The molecule has 1 aromatic carbocycles. The number of carbonyl (C=O) groups is 2. The van der Waals surface area contributed by atoms with Gasteiger partial charge in [-0.3, -0.25) is 9.59 Å². The quantitative estimate of drug-likeness (QED) is 0.773. The Morgan fingerprint density at radius 2 is 1.85 bits per heavy atom. The maximum absolute atomic E-state index is 12.5. The molecule has 144 valence electrons. The van der Waals surface area contributed by atoms with Crippen molar-refractivity contribution >= 4 is 23.4 Å². The highest BCUT2D eigenvalue weighted by molar-refractivity contribution is 6.30. The molecule has 1 aromatic heterocycles. The van der Waals surface area contributed by atoms with Crippen LogP contribution in [0.15, 0.2) is 34.7 Å². The van der Waals surface area contributed by atoms with Crippen molar-refractivity contribution in [3.8, 4) is 0 Å². The first-order valence-electron chi connectivity index (χ1n) is 9.34. The van der Waals surface area contributed by atoms with Crippen LogP contribution in [-0.4, -0.2) is 18.4 Å². The highest BCUT2D eigenvalue weighted by Gasteiger charge is 2.28. The van der Waals surface area contributed by atoms with Gasteiger partial charge in [0.15, 0.2) is 0 Å². The topological polar surface area (TPSA) is 71.3 Å². The fourth-order valence-electron chi connectivity index (χ4n) is 3.77. The van der Waals surface area contributed by atoms with E-state index in [1.54, 1.807) is 19.9 Å². The molecular weight excluding hydrogens is 364 g/mol. The van der Waals surface area contributed by atoms with Crippen molar-refractivity contribution in [2.75, 3.05) is 6.54 Å². The summed E-state index contributed by atoms with van der Waals surface area (Å²) in [6.07, 6.45) is 4.54. The predicted octanol–water partition coefficient (Wildman–Crippen LogP) is 4.33. The van der Waals surface area contributed by atoms with Crippen molar-refractivity contribution in [2.45, 2.75) is 45.6 Å². The zero-order valence-corrected chi connectivity index (χ0v) is 16.4. The normalized spacial score (nSPS) is 15.5. The Labute approximate surface area is 164 Å². The molecule has 0 radical (unpaired) electrons. The average Bonchev–Trinajstić information content (AvgIpc) is 3.28. The van der Waals surface area contributed by atoms with E-state index in [2.05, 4.69) is 10.6 Å². The average molecular weight is 389 g/mol. The van der Waals surface area contributed by atoms with Gasteiger partial charge in [0.05, 0.1) is 18.2 Å². The van der Waals surface area contributed by atoms with Gasteiger partial charge in [-0.15, -0.1) is 0 Å². The molecule has 1 aliphatic rings. The molecule has 0 saturated heterocycles. The number of aryl methyl sites for hydroxylation is 2. The first kappa shape index (κ1) is 19.5. The Balaban J connectivity index is 1.63. The van der Waals surface area contributed by atoms with Gasteiger partial charge in [0.2, 0.25) is 5.91 Å². The molecule has 0 aliphatic heterocycles. The van der Waals surface area contributed by atoms with Crippen LogP contribution in [-0.2, 0) is 4.79 Å². The summed E-state index contributed by atoms with van der Waals surface area (Å²) in [4.78, 5) is 24.8. The maximum atomic E-state index is 12.5. The molecule has 0 spiro atoms. The van der Waals surface area contributed by atoms with Crippen LogP contribution >= 0.6 is 11.6 Å². The lowest BCUT2D eigenvalue weighted by atomic mass is 9.91. The third-order valence-corrected chi connectivity index (χ3v) is 5.36. The minimum Gasteiger partial charge on any atom is -0.466 e. The van der Waals surface area contributed by atoms with E-state index in [-0.39, 0.29) is 24.4 Å². The summed E-state index contributed by atoms with van der Waals surface area (Å²) in [5.74, 6) is 1.13. The first-order valence-corrected chi connectivity index (χ1v) is 9.72. The van der Waals surface area contributed by atoms with E-state index in [4.69, 9.17) is 16.0 Å². The largest absolute Gasteiger partial charge is 0.466 e. The lowest BCUT2D eigenvalue weighted by Crippen LogP contribution is -2.40. The number of halogens is 1.